The highest BCUT2D eigenvalue weighted by atomic mass is 35.5. The van der Waals surface area contributed by atoms with E-state index in [2.05, 4.69) is 26.0 Å². The number of ether oxygens (including phenoxy) is 1. The molecule has 0 saturated heterocycles. The lowest BCUT2D eigenvalue weighted by atomic mass is 10.0. The van der Waals surface area contributed by atoms with Gasteiger partial charge in [0.1, 0.15) is 16.5 Å². The Kier molecular flexibility index (Phi) is 4.86. The molecule has 0 aromatic heterocycles. The standard InChI is InChI=1S/C17H18ClNOS/c1-10(2)12-8-7-11(3)15(9-12)20-14-6-4-5-13(18)16(14)17(19)21/h4-10H,1-3H3,(H2,19,21). The number of thiocarbonyl (C=S) groups is 1. The zero-order chi connectivity index (χ0) is 15.6. The summed E-state index contributed by atoms with van der Waals surface area (Å²) in [5.74, 6) is 1.81. The van der Waals surface area contributed by atoms with Crippen molar-refractivity contribution in [3.63, 3.8) is 0 Å². The van der Waals surface area contributed by atoms with Gasteiger partial charge in [-0.1, -0.05) is 55.9 Å². The van der Waals surface area contributed by atoms with Gasteiger partial charge in [-0.05, 0) is 42.2 Å². The summed E-state index contributed by atoms with van der Waals surface area (Å²) in [6.07, 6.45) is 0. The summed E-state index contributed by atoms with van der Waals surface area (Å²) in [6, 6.07) is 11.6. The summed E-state index contributed by atoms with van der Waals surface area (Å²) in [5.41, 5.74) is 8.59. The molecule has 0 radical (unpaired) electrons. The molecule has 0 heterocycles. The second-order valence-electron chi connectivity index (χ2n) is 5.26. The maximum atomic E-state index is 6.16. The normalized spacial score (nSPS) is 10.7. The van der Waals surface area contributed by atoms with E-state index in [0.717, 1.165) is 11.3 Å². The molecule has 0 aliphatic heterocycles. The monoisotopic (exact) mass is 319 g/mol. The fourth-order valence-electron chi connectivity index (χ4n) is 2.03. The SMILES string of the molecule is Cc1ccc(C(C)C)cc1Oc1cccc(Cl)c1C(N)=S. The molecule has 2 rings (SSSR count). The van der Waals surface area contributed by atoms with E-state index in [1.165, 1.54) is 5.56 Å². The second-order valence-corrected chi connectivity index (χ2v) is 6.11. The molecule has 0 bridgehead atoms. The quantitative estimate of drug-likeness (QED) is 0.787. The minimum absolute atomic E-state index is 0.230. The minimum atomic E-state index is 0.230. The van der Waals surface area contributed by atoms with Crippen molar-refractivity contribution in [3.8, 4) is 11.5 Å². The number of halogens is 1. The van der Waals surface area contributed by atoms with Gasteiger partial charge in [-0.3, -0.25) is 0 Å². The van der Waals surface area contributed by atoms with Gasteiger partial charge in [-0.15, -0.1) is 0 Å². The summed E-state index contributed by atoms with van der Waals surface area (Å²) < 4.78 is 6.02. The van der Waals surface area contributed by atoms with Crippen LogP contribution in [-0.2, 0) is 0 Å². The summed E-state index contributed by atoms with van der Waals surface area (Å²) in [5, 5.41) is 0.498. The van der Waals surface area contributed by atoms with Gasteiger partial charge in [0.05, 0.1) is 10.6 Å². The van der Waals surface area contributed by atoms with E-state index in [1.807, 2.05) is 25.1 Å². The molecule has 0 aliphatic carbocycles. The zero-order valence-corrected chi connectivity index (χ0v) is 13.9. The average Bonchev–Trinajstić information content (AvgIpc) is 2.40. The van der Waals surface area contributed by atoms with E-state index < -0.39 is 0 Å². The molecule has 2 N–H and O–H groups in total. The Morgan fingerprint density at radius 2 is 1.90 bits per heavy atom. The first-order valence-corrected chi connectivity index (χ1v) is 7.55. The van der Waals surface area contributed by atoms with Crippen LogP contribution in [0.3, 0.4) is 0 Å². The molecule has 0 amide bonds. The Morgan fingerprint density at radius 3 is 2.52 bits per heavy atom. The van der Waals surface area contributed by atoms with Crippen LogP contribution in [0.2, 0.25) is 5.02 Å². The number of hydrogen-bond donors (Lipinski definition) is 1. The van der Waals surface area contributed by atoms with E-state index in [0.29, 0.717) is 22.3 Å². The third-order valence-corrected chi connectivity index (χ3v) is 3.84. The number of rotatable bonds is 4. The largest absolute Gasteiger partial charge is 0.456 e. The van der Waals surface area contributed by atoms with E-state index in [9.17, 15) is 0 Å². The first-order valence-electron chi connectivity index (χ1n) is 6.77. The number of aryl methyl sites for hydroxylation is 1. The lowest BCUT2D eigenvalue weighted by Crippen LogP contribution is -2.11. The van der Waals surface area contributed by atoms with Gasteiger partial charge in [-0.25, -0.2) is 0 Å². The Bertz CT molecular complexity index is 682. The number of nitrogens with two attached hydrogens (primary N) is 1. The molecule has 0 unspecified atom stereocenters. The van der Waals surface area contributed by atoms with Crippen molar-refractivity contribution in [2.45, 2.75) is 26.7 Å². The van der Waals surface area contributed by atoms with Gasteiger partial charge in [0, 0.05) is 0 Å². The molecule has 0 atom stereocenters. The van der Waals surface area contributed by atoms with Gasteiger partial charge in [0.15, 0.2) is 0 Å². The van der Waals surface area contributed by atoms with Crippen LogP contribution in [0.4, 0.5) is 0 Å². The van der Waals surface area contributed by atoms with Crippen LogP contribution < -0.4 is 10.5 Å². The second kappa shape index (κ2) is 6.46. The van der Waals surface area contributed by atoms with Crippen molar-refractivity contribution < 1.29 is 4.74 Å². The summed E-state index contributed by atoms with van der Waals surface area (Å²) in [7, 11) is 0. The van der Waals surface area contributed by atoms with Gasteiger partial charge in [-0.2, -0.15) is 0 Å². The smallest absolute Gasteiger partial charge is 0.139 e. The maximum absolute atomic E-state index is 6.16. The Labute approximate surface area is 135 Å². The summed E-state index contributed by atoms with van der Waals surface area (Å²) in [6.45, 7) is 6.30. The highest BCUT2D eigenvalue weighted by molar-refractivity contribution is 7.80. The number of benzene rings is 2. The van der Waals surface area contributed by atoms with Gasteiger partial charge in [0.2, 0.25) is 0 Å². The molecule has 21 heavy (non-hydrogen) atoms. The molecule has 110 valence electrons. The Morgan fingerprint density at radius 1 is 1.19 bits per heavy atom. The van der Waals surface area contributed by atoms with Crippen molar-refractivity contribution in [2.75, 3.05) is 0 Å². The topological polar surface area (TPSA) is 35.2 Å². The van der Waals surface area contributed by atoms with Crippen LogP contribution in [-0.4, -0.2) is 4.99 Å². The molecule has 2 aromatic rings. The van der Waals surface area contributed by atoms with Crippen LogP contribution in [0.25, 0.3) is 0 Å². The molecule has 0 spiro atoms. The summed E-state index contributed by atoms with van der Waals surface area (Å²) >= 11 is 11.2. The predicted octanol–water partition coefficient (Wildman–Crippen LogP) is 5.20. The van der Waals surface area contributed by atoms with E-state index in [4.69, 9.17) is 34.3 Å². The average molecular weight is 320 g/mol. The van der Waals surface area contributed by atoms with Crippen molar-refractivity contribution in [3.05, 3.63) is 58.1 Å². The fraction of sp³-hybridized carbons (Fsp3) is 0.235. The highest BCUT2D eigenvalue weighted by Crippen LogP contribution is 2.33. The predicted molar refractivity (Wildman–Crippen MR) is 92.7 cm³/mol. The van der Waals surface area contributed by atoms with Crippen molar-refractivity contribution >= 4 is 28.8 Å². The van der Waals surface area contributed by atoms with E-state index >= 15 is 0 Å². The Balaban J connectivity index is 2.46. The zero-order valence-electron chi connectivity index (χ0n) is 12.3. The molecular weight excluding hydrogens is 302 g/mol. The molecule has 0 saturated carbocycles. The van der Waals surface area contributed by atoms with Crippen LogP contribution in [0.1, 0.15) is 36.5 Å². The van der Waals surface area contributed by atoms with E-state index in [-0.39, 0.29) is 4.99 Å². The van der Waals surface area contributed by atoms with Gasteiger partial charge in [0.25, 0.3) is 0 Å². The van der Waals surface area contributed by atoms with Gasteiger partial charge >= 0.3 is 0 Å². The third kappa shape index (κ3) is 3.55. The number of hydrogen-bond acceptors (Lipinski definition) is 2. The van der Waals surface area contributed by atoms with Gasteiger partial charge < -0.3 is 10.5 Å². The molecule has 2 aromatic carbocycles. The first kappa shape index (κ1) is 15.8. The van der Waals surface area contributed by atoms with Crippen molar-refractivity contribution in [1.82, 2.24) is 0 Å². The lowest BCUT2D eigenvalue weighted by Gasteiger charge is -2.15. The summed E-state index contributed by atoms with van der Waals surface area (Å²) in [4.78, 5) is 0.230. The maximum Gasteiger partial charge on any atom is 0.139 e. The van der Waals surface area contributed by atoms with Crippen LogP contribution >= 0.6 is 23.8 Å². The first-order chi connectivity index (χ1) is 9.90. The molecule has 2 nitrogen and oxygen atoms in total. The third-order valence-electron chi connectivity index (χ3n) is 3.32. The fourth-order valence-corrected chi connectivity index (χ4v) is 2.57. The molecule has 0 fully saturated rings. The Hall–Kier alpha value is -1.58. The van der Waals surface area contributed by atoms with Crippen LogP contribution in [0.5, 0.6) is 11.5 Å². The van der Waals surface area contributed by atoms with Crippen molar-refractivity contribution in [2.24, 2.45) is 5.73 Å². The van der Waals surface area contributed by atoms with E-state index in [1.54, 1.807) is 6.07 Å². The van der Waals surface area contributed by atoms with Crippen molar-refractivity contribution in [1.29, 1.82) is 0 Å². The van der Waals surface area contributed by atoms with Crippen LogP contribution in [0, 0.1) is 6.92 Å². The highest BCUT2D eigenvalue weighted by Gasteiger charge is 2.13. The molecule has 4 heteroatoms. The van der Waals surface area contributed by atoms with Crippen LogP contribution in [0.15, 0.2) is 36.4 Å². The lowest BCUT2D eigenvalue weighted by molar-refractivity contribution is 0.477. The molecular formula is C17H18ClNOS. The minimum Gasteiger partial charge on any atom is -0.456 e. The molecule has 0 aliphatic rings.